The van der Waals surface area contributed by atoms with Gasteiger partial charge in [0.15, 0.2) is 10.9 Å². The van der Waals surface area contributed by atoms with Crippen molar-refractivity contribution in [3.8, 4) is 0 Å². The Morgan fingerprint density at radius 3 is 2.44 bits per heavy atom. The van der Waals surface area contributed by atoms with E-state index in [-0.39, 0.29) is 16.8 Å². The molecule has 0 unspecified atom stereocenters. The maximum Gasteiger partial charge on any atom is 0.291 e. The van der Waals surface area contributed by atoms with Crippen LogP contribution in [-0.2, 0) is 4.79 Å². The van der Waals surface area contributed by atoms with Crippen LogP contribution < -0.4 is 16.0 Å². The lowest BCUT2D eigenvalue weighted by Gasteiger charge is -2.18. The molecule has 3 N–H and O–H groups in total. The summed E-state index contributed by atoms with van der Waals surface area (Å²) < 4.78 is 5.02. The predicted molar refractivity (Wildman–Crippen MR) is 102 cm³/mol. The minimum absolute atomic E-state index is 0.170. The average molecular weight is 380 g/mol. The van der Waals surface area contributed by atoms with Gasteiger partial charge in [-0.15, -0.1) is 0 Å². The van der Waals surface area contributed by atoms with Crippen LogP contribution in [0.3, 0.4) is 0 Å². The first-order chi connectivity index (χ1) is 11.7. The molecule has 1 aromatic carbocycles. The van der Waals surface area contributed by atoms with E-state index in [2.05, 4.69) is 16.0 Å². The van der Waals surface area contributed by atoms with Gasteiger partial charge in [-0.3, -0.25) is 9.59 Å². The van der Waals surface area contributed by atoms with Crippen molar-refractivity contribution in [1.29, 1.82) is 0 Å². The third-order valence-corrected chi connectivity index (χ3v) is 3.65. The maximum atomic E-state index is 12.0. The Bertz CT molecular complexity index is 798. The Morgan fingerprint density at radius 2 is 1.88 bits per heavy atom. The van der Waals surface area contributed by atoms with Crippen molar-refractivity contribution in [3.05, 3.63) is 47.4 Å². The standard InChI is InChI=1S/C17H18ClN3O3S/c1-17(2,3)15(23)21-16(25)19-10-6-7-12(11(18)9-10)20-14(22)13-5-4-8-24-13/h4-9H,1-3H3,(H,20,22)(H2,19,21,23,25). The molecule has 0 spiro atoms. The van der Waals surface area contributed by atoms with E-state index >= 15 is 0 Å². The molecular formula is C17H18ClN3O3S. The zero-order chi connectivity index (χ0) is 18.6. The van der Waals surface area contributed by atoms with E-state index in [1.165, 1.54) is 6.26 Å². The molecule has 0 aliphatic carbocycles. The molecule has 0 bridgehead atoms. The van der Waals surface area contributed by atoms with Crippen LogP contribution in [0.4, 0.5) is 11.4 Å². The highest BCUT2D eigenvalue weighted by molar-refractivity contribution is 7.80. The Morgan fingerprint density at radius 1 is 1.16 bits per heavy atom. The fraction of sp³-hybridized carbons (Fsp3) is 0.235. The highest BCUT2D eigenvalue weighted by Crippen LogP contribution is 2.26. The molecule has 2 amide bonds. The summed E-state index contributed by atoms with van der Waals surface area (Å²) in [7, 11) is 0. The summed E-state index contributed by atoms with van der Waals surface area (Å²) in [5.74, 6) is -0.414. The Kier molecular flexibility index (Phi) is 5.81. The van der Waals surface area contributed by atoms with Crippen LogP contribution in [0.25, 0.3) is 0 Å². The van der Waals surface area contributed by atoms with E-state index in [0.29, 0.717) is 16.4 Å². The van der Waals surface area contributed by atoms with Crippen molar-refractivity contribution >= 4 is 52.1 Å². The molecule has 0 saturated heterocycles. The van der Waals surface area contributed by atoms with Gasteiger partial charge in [0.05, 0.1) is 17.0 Å². The molecule has 25 heavy (non-hydrogen) atoms. The highest BCUT2D eigenvalue weighted by Gasteiger charge is 2.22. The molecule has 1 heterocycles. The highest BCUT2D eigenvalue weighted by atomic mass is 35.5. The number of rotatable bonds is 3. The summed E-state index contributed by atoms with van der Waals surface area (Å²) >= 11 is 11.3. The number of carbonyl (C=O) groups is 2. The van der Waals surface area contributed by atoms with Crippen molar-refractivity contribution in [2.75, 3.05) is 10.6 Å². The molecule has 0 aliphatic rings. The van der Waals surface area contributed by atoms with Crippen LogP contribution >= 0.6 is 23.8 Å². The van der Waals surface area contributed by atoms with E-state index in [1.54, 1.807) is 51.1 Å². The number of benzene rings is 1. The monoisotopic (exact) mass is 379 g/mol. The van der Waals surface area contributed by atoms with E-state index in [0.717, 1.165) is 0 Å². The number of thiocarbonyl (C=S) groups is 1. The summed E-state index contributed by atoms with van der Waals surface area (Å²) in [5, 5.41) is 8.62. The third-order valence-electron chi connectivity index (χ3n) is 3.13. The van der Waals surface area contributed by atoms with Gasteiger partial charge < -0.3 is 20.4 Å². The van der Waals surface area contributed by atoms with Crippen LogP contribution in [0.1, 0.15) is 31.3 Å². The lowest BCUT2D eigenvalue weighted by Crippen LogP contribution is -2.41. The van der Waals surface area contributed by atoms with Gasteiger partial charge in [0.2, 0.25) is 5.91 Å². The van der Waals surface area contributed by atoms with Gasteiger partial charge in [-0.25, -0.2) is 0 Å². The van der Waals surface area contributed by atoms with Gasteiger partial charge in [-0.05, 0) is 42.5 Å². The molecule has 0 aliphatic heterocycles. The molecule has 1 aromatic heterocycles. The topological polar surface area (TPSA) is 83.4 Å². The normalized spacial score (nSPS) is 10.9. The van der Waals surface area contributed by atoms with Crippen LogP contribution in [0.5, 0.6) is 0 Å². The molecule has 2 aromatic rings. The fourth-order valence-corrected chi connectivity index (χ4v) is 2.18. The van der Waals surface area contributed by atoms with Gasteiger partial charge in [-0.1, -0.05) is 32.4 Å². The average Bonchev–Trinajstić information content (AvgIpc) is 3.03. The summed E-state index contributed by atoms with van der Waals surface area (Å²) in [6, 6.07) is 8.07. The Balaban J connectivity index is 2.00. The minimum atomic E-state index is -0.552. The van der Waals surface area contributed by atoms with E-state index < -0.39 is 11.3 Å². The van der Waals surface area contributed by atoms with Gasteiger partial charge in [0.1, 0.15) is 0 Å². The Labute approximate surface area is 155 Å². The second kappa shape index (κ2) is 7.67. The quantitative estimate of drug-likeness (QED) is 0.701. The van der Waals surface area contributed by atoms with Crippen LogP contribution in [-0.4, -0.2) is 16.9 Å². The number of nitrogens with one attached hydrogen (secondary N) is 3. The van der Waals surface area contributed by atoms with Crippen molar-refractivity contribution in [3.63, 3.8) is 0 Å². The molecule has 6 nitrogen and oxygen atoms in total. The third kappa shape index (κ3) is 5.30. The SMILES string of the molecule is CC(C)(C)C(=O)NC(=S)Nc1ccc(NC(=O)c2ccco2)c(Cl)c1. The van der Waals surface area contributed by atoms with Crippen molar-refractivity contribution < 1.29 is 14.0 Å². The van der Waals surface area contributed by atoms with Gasteiger partial charge in [-0.2, -0.15) is 0 Å². The van der Waals surface area contributed by atoms with Crippen LogP contribution in [0.2, 0.25) is 5.02 Å². The number of amides is 2. The van der Waals surface area contributed by atoms with Gasteiger partial charge in [0.25, 0.3) is 5.91 Å². The summed E-state index contributed by atoms with van der Waals surface area (Å²) in [6.07, 6.45) is 1.41. The zero-order valence-electron chi connectivity index (χ0n) is 14.0. The Hall–Kier alpha value is -2.38. The number of furan rings is 1. The maximum absolute atomic E-state index is 12.0. The van der Waals surface area contributed by atoms with Gasteiger partial charge in [0, 0.05) is 11.1 Å². The summed E-state index contributed by atoms with van der Waals surface area (Å²) in [4.78, 5) is 23.9. The van der Waals surface area contributed by atoms with Gasteiger partial charge >= 0.3 is 0 Å². The molecule has 132 valence electrons. The number of halogens is 1. The first-order valence-electron chi connectivity index (χ1n) is 7.43. The first-order valence-corrected chi connectivity index (χ1v) is 8.22. The molecule has 0 radical (unpaired) electrons. The number of carbonyl (C=O) groups excluding carboxylic acids is 2. The van der Waals surface area contributed by atoms with E-state index in [9.17, 15) is 9.59 Å². The summed E-state index contributed by atoms with van der Waals surface area (Å²) in [5.41, 5.74) is 0.460. The predicted octanol–water partition coefficient (Wildman–Crippen LogP) is 4.04. The second-order valence-electron chi connectivity index (χ2n) is 6.28. The molecule has 0 fully saturated rings. The number of hydrogen-bond acceptors (Lipinski definition) is 4. The molecular weight excluding hydrogens is 362 g/mol. The molecule has 2 rings (SSSR count). The second-order valence-corrected chi connectivity index (χ2v) is 7.10. The number of anilines is 2. The van der Waals surface area contributed by atoms with Crippen LogP contribution in [0.15, 0.2) is 41.0 Å². The minimum Gasteiger partial charge on any atom is -0.459 e. The van der Waals surface area contributed by atoms with Crippen molar-refractivity contribution in [2.24, 2.45) is 5.41 Å². The lowest BCUT2D eigenvalue weighted by atomic mass is 9.96. The zero-order valence-corrected chi connectivity index (χ0v) is 15.5. The van der Waals surface area contributed by atoms with E-state index in [4.69, 9.17) is 28.2 Å². The van der Waals surface area contributed by atoms with Crippen LogP contribution in [0, 0.1) is 5.41 Å². The fourth-order valence-electron chi connectivity index (χ4n) is 1.74. The lowest BCUT2D eigenvalue weighted by molar-refractivity contribution is -0.126. The molecule has 0 saturated carbocycles. The van der Waals surface area contributed by atoms with Crippen molar-refractivity contribution in [2.45, 2.75) is 20.8 Å². The first kappa shape index (κ1) is 19.0. The number of hydrogen-bond donors (Lipinski definition) is 3. The van der Waals surface area contributed by atoms with Crippen molar-refractivity contribution in [1.82, 2.24) is 5.32 Å². The van der Waals surface area contributed by atoms with E-state index in [1.807, 2.05) is 0 Å². The largest absolute Gasteiger partial charge is 0.459 e. The molecule has 0 atom stereocenters. The summed E-state index contributed by atoms with van der Waals surface area (Å²) in [6.45, 7) is 5.37. The smallest absolute Gasteiger partial charge is 0.291 e. The molecule has 8 heteroatoms.